The van der Waals surface area contributed by atoms with Crippen LogP contribution in [0.2, 0.25) is 5.02 Å². The molecule has 2 saturated heterocycles. The number of nitrogens with zero attached hydrogens (tertiary/aromatic N) is 3. The van der Waals surface area contributed by atoms with Gasteiger partial charge in [0.05, 0.1) is 24.5 Å². The zero-order chi connectivity index (χ0) is 31.6. The number of hydrogen-bond acceptors (Lipinski definition) is 8. The van der Waals surface area contributed by atoms with Crippen molar-refractivity contribution in [2.24, 2.45) is 16.2 Å². The maximum atomic E-state index is 13.4. The minimum absolute atomic E-state index is 0.0629. The summed E-state index contributed by atoms with van der Waals surface area (Å²) in [6.07, 6.45) is 9.74. The minimum Gasteiger partial charge on any atom is -0.490 e. The fourth-order valence-electron chi connectivity index (χ4n) is 9.59. The van der Waals surface area contributed by atoms with Gasteiger partial charge in [0.1, 0.15) is 5.75 Å². The summed E-state index contributed by atoms with van der Waals surface area (Å²) in [6.45, 7) is 3.27. The fraction of sp³-hybridized carbons (Fsp3) is 0.639. The number of carbonyl (C=O) groups is 1. The van der Waals surface area contributed by atoms with Gasteiger partial charge in [-0.15, -0.1) is 0 Å². The van der Waals surface area contributed by atoms with Crippen molar-refractivity contribution in [2.45, 2.75) is 87.0 Å². The number of benzene rings is 2. The SMILES string of the molecule is CN(C)CC[C@@H]1C[C@]23CC[C@@H](C[S-](=O)=NC(=O)c4ccc5c(c4)N(C[C@@H]4CC[C@H]4[C@H]2O1)C[C@@]1(CCCc2cc(Cl)ccc21)CO5)N3. The highest BCUT2D eigenvalue weighted by atomic mass is 35.5. The summed E-state index contributed by atoms with van der Waals surface area (Å²) in [7, 11) is 2.63. The Labute approximate surface area is 279 Å². The normalized spacial score (nSPS) is 35.6. The van der Waals surface area contributed by atoms with Crippen LogP contribution in [0, 0.1) is 11.8 Å². The van der Waals surface area contributed by atoms with Gasteiger partial charge in [-0.1, -0.05) is 23.4 Å². The first-order valence-electron chi connectivity index (χ1n) is 17.2. The van der Waals surface area contributed by atoms with Crippen LogP contribution in [0.4, 0.5) is 5.69 Å². The molecule has 0 aromatic heterocycles. The first-order valence-corrected chi connectivity index (χ1v) is 18.9. The molecule has 2 aliphatic carbocycles. The molecule has 2 aromatic rings. The molecule has 1 amide bonds. The van der Waals surface area contributed by atoms with Gasteiger partial charge < -0.3 is 33.2 Å². The third-order valence-corrected chi connectivity index (χ3v) is 13.2. The lowest BCUT2D eigenvalue weighted by atomic mass is 9.65. The van der Waals surface area contributed by atoms with E-state index in [1.165, 1.54) is 11.1 Å². The van der Waals surface area contributed by atoms with Gasteiger partial charge in [0.15, 0.2) is 0 Å². The number of hydrogen-bond donors (Lipinski definition) is 1. The topological polar surface area (TPSA) is 83.5 Å². The summed E-state index contributed by atoms with van der Waals surface area (Å²) in [5, 5.41) is 4.74. The monoisotopic (exact) mass is 665 g/mol. The van der Waals surface area contributed by atoms with Gasteiger partial charge >= 0.3 is 0 Å². The number of ether oxygens (including phenoxy) is 2. The molecule has 4 bridgehead atoms. The lowest BCUT2D eigenvalue weighted by Crippen LogP contribution is -2.57. The smallest absolute Gasteiger partial charge is 0.254 e. The standard InChI is InChI=1S/C36H46ClN4O4S/c1-40(2)15-12-28-18-36-14-11-27(38-36)20-46(43)39-34(42)24-6-10-32-31(17-24)41(19-25-5-8-29(25)33(36)45-28)21-35(22-44-32)13-3-4-23-16-26(37)7-9-30(23)35/h6-7,9-10,16-17,25,27-29,33,38H,3-5,8,11-15,18-22H2,1-2H3/q-1/t25-,27-,28+,29+,33+,35-,36+/m0/s1. The van der Waals surface area contributed by atoms with Crippen molar-refractivity contribution in [2.75, 3.05) is 51.0 Å². The number of carbonyl (C=O) groups excluding carboxylic acids is 1. The summed E-state index contributed by atoms with van der Waals surface area (Å²) in [5.41, 5.74) is 3.76. The van der Waals surface area contributed by atoms with Crippen LogP contribution in [0.25, 0.3) is 0 Å². The molecule has 1 N–H and O–H groups in total. The van der Waals surface area contributed by atoms with Gasteiger partial charge in [-0.25, -0.2) is 0 Å². The molecule has 2 aromatic carbocycles. The van der Waals surface area contributed by atoms with Gasteiger partial charge in [-0.3, -0.25) is 4.79 Å². The van der Waals surface area contributed by atoms with E-state index in [9.17, 15) is 9.00 Å². The molecule has 0 unspecified atom stereocenters. The van der Waals surface area contributed by atoms with Gasteiger partial charge in [0.2, 0.25) is 0 Å². The van der Waals surface area contributed by atoms with Crippen LogP contribution in [0.5, 0.6) is 5.75 Å². The third kappa shape index (κ3) is 5.58. The molecular formula is C36H46ClN4O4S-. The molecule has 2 spiro atoms. The first-order chi connectivity index (χ1) is 22.2. The Morgan fingerprint density at radius 1 is 1.15 bits per heavy atom. The molecule has 4 heterocycles. The second kappa shape index (κ2) is 12.1. The highest BCUT2D eigenvalue weighted by Gasteiger charge is 2.57. The lowest BCUT2D eigenvalue weighted by molar-refractivity contribution is -0.0625. The number of halogens is 1. The predicted molar refractivity (Wildman–Crippen MR) is 181 cm³/mol. The first kappa shape index (κ1) is 31.1. The van der Waals surface area contributed by atoms with Gasteiger partial charge in [-0.05, 0) is 138 Å². The van der Waals surface area contributed by atoms with Crippen molar-refractivity contribution >= 4 is 33.8 Å². The van der Waals surface area contributed by atoms with Crippen molar-refractivity contribution in [1.29, 1.82) is 0 Å². The zero-order valence-electron chi connectivity index (χ0n) is 27.0. The molecule has 3 fully saturated rings. The van der Waals surface area contributed by atoms with E-state index in [4.69, 9.17) is 21.1 Å². The van der Waals surface area contributed by atoms with Crippen LogP contribution in [0.3, 0.4) is 0 Å². The zero-order valence-corrected chi connectivity index (χ0v) is 28.6. The highest BCUT2D eigenvalue weighted by Crippen LogP contribution is 2.52. The van der Waals surface area contributed by atoms with E-state index >= 15 is 0 Å². The quantitative estimate of drug-likeness (QED) is 0.419. The maximum absolute atomic E-state index is 13.4. The molecule has 0 radical (unpaired) electrons. The molecule has 4 aliphatic heterocycles. The predicted octanol–water partition coefficient (Wildman–Crippen LogP) is 5.74. The van der Waals surface area contributed by atoms with Gasteiger partial charge in [0.25, 0.3) is 5.91 Å². The van der Waals surface area contributed by atoms with Crippen LogP contribution < -0.4 is 15.0 Å². The average Bonchev–Trinajstić information content (AvgIpc) is 3.53. The number of anilines is 1. The van der Waals surface area contributed by atoms with Crippen LogP contribution >= 0.6 is 11.6 Å². The highest BCUT2D eigenvalue weighted by molar-refractivity contribution is 7.75. The summed E-state index contributed by atoms with van der Waals surface area (Å²) in [6, 6.07) is 12.1. The van der Waals surface area contributed by atoms with E-state index in [0.29, 0.717) is 29.8 Å². The fourth-order valence-corrected chi connectivity index (χ4v) is 10.7. The number of nitrogens with one attached hydrogen (secondary N) is 1. The number of aryl methyl sites for hydroxylation is 1. The molecule has 7 atom stereocenters. The second-order valence-corrected chi connectivity index (χ2v) is 16.8. The minimum atomic E-state index is -1.61. The van der Waals surface area contributed by atoms with Crippen LogP contribution in [-0.4, -0.2) is 80.7 Å². The van der Waals surface area contributed by atoms with E-state index in [0.717, 1.165) is 93.9 Å². The number of rotatable bonds is 3. The lowest BCUT2D eigenvalue weighted by Gasteiger charge is -2.48. The van der Waals surface area contributed by atoms with E-state index in [-0.39, 0.29) is 29.2 Å². The second-order valence-electron chi connectivity index (χ2n) is 15.2. The van der Waals surface area contributed by atoms with Crippen molar-refractivity contribution in [3.05, 3.63) is 58.1 Å². The van der Waals surface area contributed by atoms with Gasteiger partial charge in [-0.2, -0.15) is 10.6 Å². The van der Waals surface area contributed by atoms with Crippen molar-refractivity contribution in [3.8, 4) is 5.75 Å². The molecule has 8 nitrogen and oxygen atoms in total. The largest absolute Gasteiger partial charge is 0.490 e. The van der Waals surface area contributed by atoms with Crippen LogP contribution in [0.15, 0.2) is 40.8 Å². The Hall–Kier alpha value is -2.17. The Bertz CT molecular complexity index is 1610. The summed E-state index contributed by atoms with van der Waals surface area (Å²) in [4.78, 5) is 18.2. The van der Waals surface area contributed by atoms with E-state index in [2.05, 4.69) is 45.7 Å². The van der Waals surface area contributed by atoms with Crippen molar-refractivity contribution < 1.29 is 18.5 Å². The molecule has 8 rings (SSSR count). The molecule has 46 heavy (non-hydrogen) atoms. The average molecular weight is 666 g/mol. The van der Waals surface area contributed by atoms with Crippen LogP contribution in [-0.2, 0) is 31.4 Å². The third-order valence-electron chi connectivity index (χ3n) is 11.9. The molecule has 1 saturated carbocycles. The molecule has 6 aliphatic rings. The summed E-state index contributed by atoms with van der Waals surface area (Å²) >= 11 is 6.47. The number of amides is 1. The van der Waals surface area contributed by atoms with Crippen molar-refractivity contribution in [1.82, 2.24) is 10.2 Å². The van der Waals surface area contributed by atoms with E-state index < -0.39 is 16.5 Å². The van der Waals surface area contributed by atoms with Gasteiger partial charge in [0, 0.05) is 34.6 Å². The Morgan fingerprint density at radius 3 is 2.87 bits per heavy atom. The summed E-state index contributed by atoms with van der Waals surface area (Å²) < 4.78 is 31.2. The Balaban J connectivity index is 1.19. The maximum Gasteiger partial charge on any atom is 0.254 e. The summed E-state index contributed by atoms with van der Waals surface area (Å²) in [5.74, 6) is 1.64. The van der Waals surface area contributed by atoms with Crippen molar-refractivity contribution in [3.63, 3.8) is 0 Å². The Kier molecular flexibility index (Phi) is 8.16. The Morgan fingerprint density at radius 2 is 2.04 bits per heavy atom. The van der Waals surface area contributed by atoms with E-state index in [1.54, 1.807) is 6.07 Å². The molecule has 10 heteroatoms. The van der Waals surface area contributed by atoms with E-state index in [1.807, 2.05) is 18.2 Å². The molecule has 248 valence electrons. The number of fused-ring (bicyclic) bond motifs is 6. The van der Waals surface area contributed by atoms with Crippen LogP contribution in [0.1, 0.15) is 72.9 Å². The molecular weight excluding hydrogens is 620 g/mol.